The van der Waals surface area contributed by atoms with E-state index in [9.17, 15) is 8.78 Å². The van der Waals surface area contributed by atoms with Gasteiger partial charge in [-0.25, -0.2) is 18.7 Å². The lowest BCUT2D eigenvalue weighted by Crippen LogP contribution is -2.02. The third-order valence-corrected chi connectivity index (χ3v) is 1.28. The first-order valence-electron chi connectivity index (χ1n) is 3.51. The molecule has 1 aromatic rings. The van der Waals surface area contributed by atoms with Gasteiger partial charge in [-0.2, -0.15) is 0 Å². The van der Waals surface area contributed by atoms with Crippen LogP contribution < -0.4 is 5.32 Å². The van der Waals surface area contributed by atoms with Crippen LogP contribution in [-0.4, -0.2) is 16.5 Å². The summed E-state index contributed by atoms with van der Waals surface area (Å²) in [6, 6.07) is 1.17. The molecule has 1 N–H and O–H groups in total. The third-order valence-electron chi connectivity index (χ3n) is 1.28. The van der Waals surface area contributed by atoms with Gasteiger partial charge in [0.1, 0.15) is 17.8 Å². The highest BCUT2D eigenvalue weighted by Crippen LogP contribution is 2.17. The molecule has 0 aliphatic rings. The minimum atomic E-state index is -2.59. The van der Waals surface area contributed by atoms with Gasteiger partial charge in [0.25, 0.3) is 6.43 Å². The van der Waals surface area contributed by atoms with Gasteiger partial charge in [0.05, 0.1) is 6.54 Å². The van der Waals surface area contributed by atoms with Crippen LogP contribution in [0.2, 0.25) is 0 Å². The number of halogens is 2. The third kappa shape index (κ3) is 2.67. The lowest BCUT2D eigenvalue weighted by atomic mass is 10.4. The molecular formula is C8H7F2N3. The maximum atomic E-state index is 12.1. The van der Waals surface area contributed by atoms with E-state index in [1.54, 1.807) is 0 Å². The minimum absolute atomic E-state index is 0.250. The topological polar surface area (TPSA) is 37.8 Å². The van der Waals surface area contributed by atoms with Crippen LogP contribution in [0.1, 0.15) is 12.1 Å². The Hall–Kier alpha value is -1.70. The molecule has 0 spiro atoms. The Morgan fingerprint density at radius 3 is 2.92 bits per heavy atom. The van der Waals surface area contributed by atoms with Crippen molar-refractivity contribution >= 4 is 5.82 Å². The van der Waals surface area contributed by atoms with Crippen molar-refractivity contribution in [3.8, 4) is 12.3 Å². The summed E-state index contributed by atoms with van der Waals surface area (Å²) in [5.41, 5.74) is -0.311. The van der Waals surface area contributed by atoms with Crippen LogP contribution >= 0.6 is 0 Å². The zero-order valence-corrected chi connectivity index (χ0v) is 6.67. The molecule has 1 rings (SSSR count). The predicted octanol–water partition coefficient (Wildman–Crippen LogP) is 1.46. The Labute approximate surface area is 74.2 Å². The fraction of sp³-hybridized carbons (Fsp3) is 0.250. The summed E-state index contributed by atoms with van der Waals surface area (Å²) in [5.74, 6) is 2.61. The van der Waals surface area contributed by atoms with Crippen molar-refractivity contribution in [1.82, 2.24) is 9.97 Å². The molecule has 0 aliphatic heterocycles. The Morgan fingerprint density at radius 1 is 1.54 bits per heavy atom. The number of aromatic nitrogens is 2. The Bertz CT molecular complexity index is 319. The summed E-state index contributed by atoms with van der Waals surface area (Å²) in [7, 11) is 0. The summed E-state index contributed by atoms with van der Waals surface area (Å²) in [4.78, 5) is 7.10. The second kappa shape index (κ2) is 4.36. The molecule has 1 aromatic heterocycles. The number of terminal acetylenes is 1. The van der Waals surface area contributed by atoms with Gasteiger partial charge in [-0.1, -0.05) is 5.92 Å². The van der Waals surface area contributed by atoms with Gasteiger partial charge in [-0.3, -0.25) is 0 Å². The number of rotatable bonds is 3. The molecular weight excluding hydrogens is 176 g/mol. The van der Waals surface area contributed by atoms with E-state index in [0.29, 0.717) is 5.82 Å². The minimum Gasteiger partial charge on any atom is -0.359 e. The van der Waals surface area contributed by atoms with E-state index in [1.807, 2.05) is 0 Å². The van der Waals surface area contributed by atoms with Gasteiger partial charge in [-0.05, 0) is 0 Å². The van der Waals surface area contributed by atoms with Gasteiger partial charge < -0.3 is 5.32 Å². The molecule has 0 fully saturated rings. The summed E-state index contributed by atoms with van der Waals surface area (Å²) < 4.78 is 24.2. The van der Waals surface area contributed by atoms with E-state index in [2.05, 4.69) is 21.2 Å². The van der Waals surface area contributed by atoms with Crippen LogP contribution in [0, 0.1) is 12.3 Å². The molecule has 0 radical (unpaired) electrons. The Kier molecular flexibility index (Phi) is 3.15. The Morgan fingerprint density at radius 2 is 2.31 bits per heavy atom. The van der Waals surface area contributed by atoms with E-state index in [1.165, 1.54) is 6.07 Å². The molecule has 0 saturated carbocycles. The maximum Gasteiger partial charge on any atom is 0.280 e. The average Bonchev–Trinajstić information content (AvgIpc) is 2.15. The fourth-order valence-electron chi connectivity index (χ4n) is 0.730. The number of anilines is 1. The molecule has 5 heteroatoms. The number of hydrogen-bond donors (Lipinski definition) is 1. The highest BCUT2D eigenvalue weighted by atomic mass is 19.3. The summed E-state index contributed by atoms with van der Waals surface area (Å²) >= 11 is 0. The molecule has 0 aromatic carbocycles. The summed E-state index contributed by atoms with van der Waals surface area (Å²) in [6.45, 7) is 0.250. The zero-order chi connectivity index (χ0) is 9.68. The van der Waals surface area contributed by atoms with E-state index >= 15 is 0 Å². The standard InChI is InChI=1S/C8H7F2N3/c1-2-3-11-7-4-6(8(9)10)12-5-13-7/h1,4-5,8H,3H2,(H,11,12,13). The molecule has 0 aliphatic carbocycles. The molecule has 3 nitrogen and oxygen atoms in total. The van der Waals surface area contributed by atoms with Crippen LogP contribution in [-0.2, 0) is 0 Å². The summed E-state index contributed by atoms with van der Waals surface area (Å²) in [5, 5.41) is 2.67. The second-order valence-corrected chi connectivity index (χ2v) is 2.19. The van der Waals surface area contributed by atoms with Crippen LogP contribution in [0.15, 0.2) is 12.4 Å². The summed E-state index contributed by atoms with van der Waals surface area (Å²) in [6.07, 6.45) is 3.45. The van der Waals surface area contributed by atoms with Gasteiger partial charge in [-0.15, -0.1) is 6.42 Å². The maximum absolute atomic E-state index is 12.1. The molecule has 0 bridgehead atoms. The average molecular weight is 183 g/mol. The van der Waals surface area contributed by atoms with Gasteiger partial charge >= 0.3 is 0 Å². The van der Waals surface area contributed by atoms with Crippen molar-refractivity contribution in [2.45, 2.75) is 6.43 Å². The van der Waals surface area contributed by atoms with E-state index in [4.69, 9.17) is 6.42 Å². The van der Waals surface area contributed by atoms with Crippen LogP contribution in [0.4, 0.5) is 14.6 Å². The number of nitrogens with zero attached hydrogens (tertiary/aromatic N) is 2. The molecule has 0 saturated heterocycles. The van der Waals surface area contributed by atoms with Crippen LogP contribution in [0.5, 0.6) is 0 Å². The fourth-order valence-corrected chi connectivity index (χ4v) is 0.730. The molecule has 0 atom stereocenters. The highest BCUT2D eigenvalue weighted by Gasteiger charge is 2.08. The molecule has 0 amide bonds. The van der Waals surface area contributed by atoms with Gasteiger partial charge in [0, 0.05) is 6.07 Å². The SMILES string of the molecule is C#CCNc1cc(C(F)F)ncn1. The van der Waals surface area contributed by atoms with Crippen molar-refractivity contribution in [3.05, 3.63) is 18.1 Å². The molecule has 0 unspecified atom stereocenters. The van der Waals surface area contributed by atoms with E-state index in [-0.39, 0.29) is 12.2 Å². The molecule has 13 heavy (non-hydrogen) atoms. The normalized spacial score (nSPS) is 9.69. The first kappa shape index (κ1) is 9.39. The first-order chi connectivity index (χ1) is 6.24. The van der Waals surface area contributed by atoms with Crippen molar-refractivity contribution in [2.75, 3.05) is 11.9 Å². The number of nitrogens with one attached hydrogen (secondary N) is 1. The zero-order valence-electron chi connectivity index (χ0n) is 6.67. The quantitative estimate of drug-likeness (QED) is 0.721. The van der Waals surface area contributed by atoms with Crippen LogP contribution in [0.25, 0.3) is 0 Å². The van der Waals surface area contributed by atoms with Crippen molar-refractivity contribution in [3.63, 3.8) is 0 Å². The highest BCUT2D eigenvalue weighted by molar-refractivity contribution is 5.36. The lowest BCUT2D eigenvalue weighted by molar-refractivity contribution is 0.146. The van der Waals surface area contributed by atoms with Crippen molar-refractivity contribution in [1.29, 1.82) is 0 Å². The second-order valence-electron chi connectivity index (χ2n) is 2.19. The molecule has 68 valence electrons. The smallest absolute Gasteiger partial charge is 0.280 e. The largest absolute Gasteiger partial charge is 0.359 e. The first-order valence-corrected chi connectivity index (χ1v) is 3.51. The predicted molar refractivity (Wildman–Crippen MR) is 44.3 cm³/mol. The van der Waals surface area contributed by atoms with Gasteiger partial charge in [0.15, 0.2) is 0 Å². The van der Waals surface area contributed by atoms with Crippen molar-refractivity contribution in [2.24, 2.45) is 0 Å². The number of hydrogen-bond acceptors (Lipinski definition) is 3. The Balaban J connectivity index is 2.75. The monoisotopic (exact) mass is 183 g/mol. The van der Waals surface area contributed by atoms with Gasteiger partial charge in [0.2, 0.25) is 0 Å². The van der Waals surface area contributed by atoms with E-state index < -0.39 is 6.43 Å². The number of alkyl halides is 2. The van der Waals surface area contributed by atoms with Crippen molar-refractivity contribution < 1.29 is 8.78 Å². The van der Waals surface area contributed by atoms with Crippen LogP contribution in [0.3, 0.4) is 0 Å². The lowest BCUT2D eigenvalue weighted by Gasteiger charge is -2.02. The molecule has 1 heterocycles. The van der Waals surface area contributed by atoms with E-state index in [0.717, 1.165) is 6.33 Å².